The van der Waals surface area contributed by atoms with E-state index < -0.39 is 0 Å². The molecule has 0 aliphatic carbocycles. The fourth-order valence-electron chi connectivity index (χ4n) is 2.18. The molecule has 0 saturated carbocycles. The third-order valence-electron chi connectivity index (χ3n) is 3.44. The Morgan fingerprint density at radius 3 is 2.81 bits per heavy atom. The lowest BCUT2D eigenvalue weighted by Gasteiger charge is -2.14. The van der Waals surface area contributed by atoms with Crippen molar-refractivity contribution in [1.82, 2.24) is 26.1 Å². The van der Waals surface area contributed by atoms with Crippen molar-refractivity contribution in [3.8, 4) is 11.4 Å². The topological polar surface area (TPSA) is 110 Å². The molecule has 0 saturated heterocycles. The summed E-state index contributed by atoms with van der Waals surface area (Å²) in [7, 11) is 1.80. The Labute approximate surface area is 160 Å². The first-order valence-electron chi connectivity index (χ1n) is 7.93. The average Bonchev–Trinajstić information content (AvgIpc) is 2.66. The molecule has 1 unspecified atom stereocenters. The van der Waals surface area contributed by atoms with Crippen molar-refractivity contribution in [1.29, 1.82) is 5.41 Å². The Hall–Kier alpha value is -2.65. The van der Waals surface area contributed by atoms with Gasteiger partial charge in [0.2, 0.25) is 0 Å². The van der Waals surface area contributed by atoms with E-state index in [-0.39, 0.29) is 6.17 Å². The fourth-order valence-corrected chi connectivity index (χ4v) is 2.38. The van der Waals surface area contributed by atoms with Crippen LogP contribution in [0, 0.1) is 5.41 Å². The largest absolute Gasteiger partial charge is 0.313 e. The quantitative estimate of drug-likeness (QED) is 0.216. The van der Waals surface area contributed by atoms with Crippen LogP contribution in [-0.4, -0.2) is 41.9 Å². The van der Waals surface area contributed by atoms with Crippen molar-refractivity contribution in [2.45, 2.75) is 19.0 Å². The second-order valence-electron chi connectivity index (χ2n) is 5.34. The van der Waals surface area contributed by atoms with Crippen LogP contribution in [0.2, 0.25) is 0 Å². The minimum atomic E-state index is -0.128. The van der Waals surface area contributed by atoms with E-state index in [9.17, 15) is 0 Å². The predicted octanol–water partition coefficient (Wildman–Crippen LogP) is 2.14. The number of benzene rings is 1. The molecule has 26 heavy (non-hydrogen) atoms. The van der Waals surface area contributed by atoms with Crippen LogP contribution in [0.15, 0.2) is 51.3 Å². The third-order valence-corrected chi connectivity index (χ3v) is 3.85. The standard InChI is InChI=1S/C17H21BrN8/c1-20-15(6-7-19)25-26-16(24-21-2)9-12-4-3-5-13(8-12)17-22-10-14(18)11-23-17/h3-5,7-8,10-11,15,19-20,25H,2,6,9H2,1H3,(H,24,26). The van der Waals surface area contributed by atoms with Crippen LogP contribution in [0.25, 0.3) is 11.4 Å². The zero-order chi connectivity index (χ0) is 18.8. The summed E-state index contributed by atoms with van der Waals surface area (Å²) >= 11 is 3.34. The van der Waals surface area contributed by atoms with Crippen molar-refractivity contribution < 1.29 is 0 Å². The molecule has 8 nitrogen and oxygen atoms in total. The van der Waals surface area contributed by atoms with Gasteiger partial charge >= 0.3 is 0 Å². The zero-order valence-electron chi connectivity index (χ0n) is 14.4. The summed E-state index contributed by atoms with van der Waals surface area (Å²) < 4.78 is 0.836. The van der Waals surface area contributed by atoms with Gasteiger partial charge in [-0.15, -0.1) is 0 Å². The summed E-state index contributed by atoms with van der Waals surface area (Å²) in [6.45, 7) is 3.45. The van der Waals surface area contributed by atoms with Gasteiger partial charge in [0.1, 0.15) is 5.84 Å². The first-order chi connectivity index (χ1) is 12.7. The molecule has 1 aromatic heterocycles. The lowest BCUT2D eigenvalue weighted by molar-refractivity contribution is 0.484. The molecule has 0 radical (unpaired) electrons. The van der Waals surface area contributed by atoms with E-state index in [0.29, 0.717) is 24.5 Å². The first kappa shape index (κ1) is 19.7. The van der Waals surface area contributed by atoms with Gasteiger partial charge < -0.3 is 5.41 Å². The molecule has 0 fully saturated rings. The molecular weight excluding hydrogens is 396 g/mol. The highest BCUT2D eigenvalue weighted by Crippen LogP contribution is 2.18. The van der Waals surface area contributed by atoms with Crippen LogP contribution in [0.3, 0.4) is 0 Å². The number of aromatic nitrogens is 2. The SMILES string of the molecule is C=NN/C(Cc1cccc(-c2ncc(Br)cn2)c1)=N\NC(CC=N)NC. The van der Waals surface area contributed by atoms with E-state index in [0.717, 1.165) is 15.6 Å². The Morgan fingerprint density at radius 2 is 2.15 bits per heavy atom. The van der Waals surface area contributed by atoms with E-state index >= 15 is 0 Å². The van der Waals surface area contributed by atoms with Crippen molar-refractivity contribution in [2.24, 2.45) is 10.2 Å². The first-order valence-corrected chi connectivity index (χ1v) is 8.72. The number of halogens is 1. The number of hydrazone groups is 2. The van der Waals surface area contributed by atoms with Gasteiger partial charge in [0.15, 0.2) is 5.82 Å². The summed E-state index contributed by atoms with van der Waals surface area (Å²) in [4.78, 5) is 8.64. The monoisotopic (exact) mass is 416 g/mol. The Bertz CT molecular complexity index is 760. The fraction of sp³-hybridized carbons (Fsp3) is 0.235. The van der Waals surface area contributed by atoms with Crippen molar-refractivity contribution in [2.75, 3.05) is 7.05 Å². The van der Waals surface area contributed by atoms with Crippen LogP contribution in [0.1, 0.15) is 12.0 Å². The van der Waals surface area contributed by atoms with E-state index in [1.165, 1.54) is 6.21 Å². The van der Waals surface area contributed by atoms with Gasteiger partial charge in [-0.05, 0) is 40.8 Å². The normalized spacial score (nSPS) is 12.3. The highest BCUT2D eigenvalue weighted by Gasteiger charge is 2.07. The van der Waals surface area contributed by atoms with Crippen molar-refractivity contribution >= 4 is 34.7 Å². The molecule has 136 valence electrons. The van der Waals surface area contributed by atoms with E-state index in [1.807, 2.05) is 24.3 Å². The minimum absolute atomic E-state index is 0.128. The molecule has 0 amide bonds. The predicted molar refractivity (Wildman–Crippen MR) is 108 cm³/mol. The average molecular weight is 417 g/mol. The molecule has 0 aliphatic heterocycles. The summed E-state index contributed by atoms with van der Waals surface area (Å²) in [6.07, 6.45) is 5.68. The Balaban J connectivity index is 2.15. The number of amidine groups is 1. The molecule has 1 aromatic carbocycles. The molecule has 4 N–H and O–H groups in total. The molecule has 1 atom stereocenters. The van der Waals surface area contributed by atoms with Gasteiger partial charge in [0.05, 0.1) is 10.6 Å². The lowest BCUT2D eigenvalue weighted by Crippen LogP contribution is -2.39. The minimum Gasteiger partial charge on any atom is -0.313 e. The van der Waals surface area contributed by atoms with Crippen molar-refractivity contribution in [3.63, 3.8) is 0 Å². The molecule has 0 bridgehead atoms. The summed E-state index contributed by atoms with van der Waals surface area (Å²) in [5, 5.41) is 18.3. The van der Waals surface area contributed by atoms with Crippen LogP contribution in [0.5, 0.6) is 0 Å². The molecule has 2 rings (SSSR count). The maximum Gasteiger partial charge on any atom is 0.159 e. The van der Waals surface area contributed by atoms with Gasteiger partial charge in [-0.25, -0.2) is 9.97 Å². The molecule has 2 aromatic rings. The van der Waals surface area contributed by atoms with E-state index in [2.05, 4.69) is 59.0 Å². The van der Waals surface area contributed by atoms with Gasteiger partial charge in [-0.3, -0.25) is 16.2 Å². The van der Waals surface area contributed by atoms with Crippen LogP contribution < -0.4 is 16.2 Å². The van der Waals surface area contributed by atoms with Gasteiger partial charge in [0.25, 0.3) is 0 Å². The van der Waals surface area contributed by atoms with E-state index in [1.54, 1.807) is 19.4 Å². The number of nitrogens with one attached hydrogen (secondary N) is 4. The maximum absolute atomic E-state index is 7.19. The van der Waals surface area contributed by atoms with Crippen LogP contribution in [-0.2, 0) is 6.42 Å². The third kappa shape index (κ3) is 6.01. The lowest BCUT2D eigenvalue weighted by atomic mass is 10.1. The zero-order valence-corrected chi connectivity index (χ0v) is 16.0. The summed E-state index contributed by atoms with van der Waals surface area (Å²) in [5.74, 6) is 1.27. The van der Waals surface area contributed by atoms with E-state index in [4.69, 9.17) is 5.41 Å². The molecule has 0 spiro atoms. The number of hydrogen-bond donors (Lipinski definition) is 4. The number of nitrogens with zero attached hydrogens (tertiary/aromatic N) is 4. The summed E-state index contributed by atoms with van der Waals surface area (Å²) in [5.41, 5.74) is 7.72. The summed E-state index contributed by atoms with van der Waals surface area (Å²) in [6, 6.07) is 7.92. The van der Waals surface area contributed by atoms with Gasteiger partial charge in [-0.2, -0.15) is 10.2 Å². The number of rotatable bonds is 9. The highest BCUT2D eigenvalue weighted by molar-refractivity contribution is 9.10. The highest BCUT2D eigenvalue weighted by atomic mass is 79.9. The smallest absolute Gasteiger partial charge is 0.159 e. The Kier molecular flexibility index (Phi) is 7.84. The maximum atomic E-state index is 7.19. The van der Waals surface area contributed by atoms with Crippen LogP contribution >= 0.6 is 15.9 Å². The number of hydrogen-bond acceptors (Lipinski definition) is 7. The molecular formula is C17H21BrN8. The van der Waals surface area contributed by atoms with Crippen molar-refractivity contribution in [3.05, 3.63) is 46.7 Å². The Morgan fingerprint density at radius 1 is 1.38 bits per heavy atom. The molecule has 9 heteroatoms. The van der Waals surface area contributed by atoms with Gasteiger partial charge in [0, 0.05) is 37.5 Å². The van der Waals surface area contributed by atoms with Gasteiger partial charge in [-0.1, -0.05) is 18.2 Å². The van der Waals surface area contributed by atoms with Crippen LogP contribution in [0.4, 0.5) is 0 Å². The second-order valence-corrected chi connectivity index (χ2v) is 6.26. The second kappa shape index (κ2) is 10.4. The molecule has 0 aliphatic rings. The molecule has 1 heterocycles.